The quantitative estimate of drug-likeness (QED) is 0.723. The van der Waals surface area contributed by atoms with Gasteiger partial charge in [-0.25, -0.2) is 8.42 Å². The van der Waals surface area contributed by atoms with Crippen molar-refractivity contribution in [1.82, 2.24) is 5.32 Å². The Labute approximate surface area is 174 Å². The zero-order valence-electron chi connectivity index (χ0n) is 14.7. The molecule has 1 unspecified atom stereocenters. The van der Waals surface area contributed by atoms with E-state index in [1.165, 1.54) is 18.2 Å². The van der Waals surface area contributed by atoms with Crippen molar-refractivity contribution in [3.63, 3.8) is 0 Å². The number of nitrogens with one attached hydrogen (secondary N) is 1. The molecule has 7 nitrogen and oxygen atoms in total. The van der Waals surface area contributed by atoms with Gasteiger partial charge in [0.25, 0.3) is 10.0 Å². The number of alkyl halides is 3. The first-order valence-corrected chi connectivity index (χ1v) is 11.5. The number of sulfonamides is 1. The molecule has 0 bridgehead atoms. The van der Waals surface area contributed by atoms with Crippen LogP contribution < -0.4 is 5.32 Å². The summed E-state index contributed by atoms with van der Waals surface area (Å²) in [5.74, 6) is -1.09. The highest BCUT2D eigenvalue weighted by Gasteiger charge is 2.46. The number of carbonyl (C=O) groups is 1. The van der Waals surface area contributed by atoms with Crippen molar-refractivity contribution >= 4 is 42.5 Å². The Bertz CT molecular complexity index is 1240. The van der Waals surface area contributed by atoms with Gasteiger partial charge in [-0.15, -0.1) is 4.40 Å². The minimum atomic E-state index is -4.65. The molecule has 2 aromatic rings. The van der Waals surface area contributed by atoms with Crippen molar-refractivity contribution < 1.29 is 34.8 Å². The maximum absolute atomic E-state index is 12.9. The number of nitrogens with zero attached hydrogens (tertiary/aromatic N) is 1. The summed E-state index contributed by atoms with van der Waals surface area (Å²) in [7, 11) is -9.06. The summed E-state index contributed by atoms with van der Waals surface area (Å²) in [5, 5.41) is -0.771. The number of carbonyl (C=O) groups excluding carboxylic acids is 1. The number of benzene rings is 2. The number of amides is 1. The number of hydrogen-bond acceptors (Lipinski definition) is 5. The minimum absolute atomic E-state index is 0.0599. The SMILES string of the molecule is O=C1NC(=NS(=O)(=O)c2ccc(Cl)cc2)S(=O)(=O)C1Cc1cccc(C(F)(F)F)c1. The van der Waals surface area contributed by atoms with Crippen molar-refractivity contribution in [1.29, 1.82) is 0 Å². The largest absolute Gasteiger partial charge is 0.416 e. The molecule has 1 fully saturated rings. The van der Waals surface area contributed by atoms with Gasteiger partial charge in [0.2, 0.25) is 20.9 Å². The van der Waals surface area contributed by atoms with Gasteiger partial charge in [0, 0.05) is 5.02 Å². The summed E-state index contributed by atoms with van der Waals surface area (Å²) in [4.78, 5) is 11.8. The molecular formula is C17H12ClF3N2O5S2. The summed E-state index contributed by atoms with van der Waals surface area (Å²) in [6.07, 6.45) is -5.23. The molecule has 1 saturated heterocycles. The summed E-state index contributed by atoms with van der Waals surface area (Å²) in [6.45, 7) is 0. The van der Waals surface area contributed by atoms with Gasteiger partial charge in [-0.2, -0.15) is 21.6 Å². The van der Waals surface area contributed by atoms with E-state index in [2.05, 4.69) is 4.40 Å². The van der Waals surface area contributed by atoms with Crippen LogP contribution >= 0.6 is 11.6 Å². The molecule has 160 valence electrons. The smallest absolute Gasteiger partial charge is 0.299 e. The molecule has 2 aromatic carbocycles. The lowest BCUT2D eigenvalue weighted by Gasteiger charge is -2.10. The van der Waals surface area contributed by atoms with Gasteiger partial charge < -0.3 is 0 Å². The highest BCUT2D eigenvalue weighted by Crippen LogP contribution is 2.30. The number of hydrogen-bond donors (Lipinski definition) is 1. The summed E-state index contributed by atoms with van der Waals surface area (Å²) < 4.78 is 91.7. The molecule has 0 radical (unpaired) electrons. The summed E-state index contributed by atoms with van der Waals surface area (Å²) in [5.41, 5.74) is -1.06. The maximum atomic E-state index is 12.9. The molecule has 1 amide bonds. The van der Waals surface area contributed by atoms with Crippen LogP contribution in [0.5, 0.6) is 0 Å². The van der Waals surface area contributed by atoms with E-state index in [9.17, 15) is 34.8 Å². The van der Waals surface area contributed by atoms with Crippen LogP contribution in [-0.2, 0) is 37.3 Å². The fraction of sp³-hybridized carbons (Fsp3) is 0.176. The molecule has 13 heteroatoms. The Balaban J connectivity index is 1.93. The Morgan fingerprint density at radius 2 is 1.73 bits per heavy atom. The van der Waals surface area contributed by atoms with Gasteiger partial charge >= 0.3 is 6.18 Å². The van der Waals surface area contributed by atoms with Crippen LogP contribution in [0.2, 0.25) is 5.02 Å². The van der Waals surface area contributed by atoms with E-state index in [1.54, 1.807) is 0 Å². The van der Waals surface area contributed by atoms with Crippen LogP contribution in [0.3, 0.4) is 0 Å². The molecule has 1 aliphatic rings. The monoisotopic (exact) mass is 480 g/mol. The normalized spacial score (nSPS) is 20.3. The Morgan fingerprint density at radius 3 is 2.33 bits per heavy atom. The Kier molecular flexibility index (Phi) is 5.69. The molecule has 0 aromatic heterocycles. The predicted molar refractivity (Wildman–Crippen MR) is 102 cm³/mol. The van der Waals surface area contributed by atoms with Crippen LogP contribution in [0.25, 0.3) is 0 Å². The lowest BCUT2D eigenvalue weighted by atomic mass is 10.1. The fourth-order valence-electron chi connectivity index (χ4n) is 2.67. The zero-order chi connectivity index (χ0) is 22.3. The first kappa shape index (κ1) is 22.2. The highest BCUT2D eigenvalue weighted by molar-refractivity contribution is 8.09. The van der Waals surface area contributed by atoms with Gasteiger partial charge in [0.05, 0.1) is 10.5 Å². The van der Waals surface area contributed by atoms with Gasteiger partial charge in [-0.1, -0.05) is 29.8 Å². The van der Waals surface area contributed by atoms with E-state index in [0.29, 0.717) is 0 Å². The molecule has 1 aliphatic heterocycles. The average molecular weight is 481 g/mol. The fourth-order valence-corrected chi connectivity index (χ4v) is 5.62. The van der Waals surface area contributed by atoms with Crippen molar-refractivity contribution in [2.45, 2.75) is 22.7 Å². The highest BCUT2D eigenvalue weighted by atomic mass is 35.5. The Hall–Kier alpha value is -2.44. The predicted octanol–water partition coefficient (Wildman–Crippen LogP) is 2.56. The van der Waals surface area contributed by atoms with Gasteiger partial charge in [-0.05, 0) is 42.3 Å². The molecule has 0 spiro atoms. The average Bonchev–Trinajstić information content (AvgIpc) is 2.84. The third kappa shape index (κ3) is 4.50. The third-order valence-electron chi connectivity index (χ3n) is 4.16. The van der Waals surface area contributed by atoms with Crippen molar-refractivity contribution in [2.75, 3.05) is 0 Å². The molecule has 0 aliphatic carbocycles. The number of sulfone groups is 1. The van der Waals surface area contributed by atoms with Crippen LogP contribution in [0.15, 0.2) is 57.8 Å². The Morgan fingerprint density at radius 1 is 1.10 bits per heavy atom. The molecule has 30 heavy (non-hydrogen) atoms. The minimum Gasteiger partial charge on any atom is -0.299 e. The second-order valence-electron chi connectivity index (χ2n) is 6.25. The van der Waals surface area contributed by atoms with Crippen molar-refractivity contribution in [3.8, 4) is 0 Å². The molecule has 3 rings (SSSR count). The zero-order valence-corrected chi connectivity index (χ0v) is 17.1. The summed E-state index contributed by atoms with van der Waals surface area (Å²) >= 11 is 5.68. The second kappa shape index (κ2) is 7.67. The number of halogens is 4. The van der Waals surface area contributed by atoms with Crippen molar-refractivity contribution in [2.24, 2.45) is 4.40 Å². The van der Waals surface area contributed by atoms with Gasteiger partial charge in [0.15, 0.2) is 5.25 Å². The van der Waals surface area contributed by atoms with Gasteiger partial charge in [0.1, 0.15) is 0 Å². The van der Waals surface area contributed by atoms with E-state index in [4.69, 9.17) is 11.6 Å². The van der Waals surface area contributed by atoms with E-state index in [0.717, 1.165) is 30.3 Å². The summed E-state index contributed by atoms with van der Waals surface area (Å²) in [6, 6.07) is 8.56. The van der Waals surface area contributed by atoms with Crippen LogP contribution in [0.4, 0.5) is 13.2 Å². The molecule has 1 heterocycles. The lowest BCUT2D eigenvalue weighted by Crippen LogP contribution is -2.27. The van der Waals surface area contributed by atoms with Crippen molar-refractivity contribution in [3.05, 3.63) is 64.7 Å². The molecular weight excluding hydrogens is 469 g/mol. The maximum Gasteiger partial charge on any atom is 0.416 e. The molecule has 1 atom stereocenters. The number of amidine groups is 1. The first-order chi connectivity index (χ1) is 13.8. The number of rotatable bonds is 4. The van der Waals surface area contributed by atoms with Crippen LogP contribution in [0, 0.1) is 0 Å². The van der Waals surface area contributed by atoms with Crippen LogP contribution in [-0.4, -0.2) is 33.2 Å². The topological polar surface area (TPSA) is 110 Å². The molecule has 0 saturated carbocycles. The van der Waals surface area contributed by atoms with Crippen LogP contribution in [0.1, 0.15) is 11.1 Å². The van der Waals surface area contributed by atoms with E-state index in [-0.39, 0.29) is 15.5 Å². The van der Waals surface area contributed by atoms with Gasteiger partial charge in [-0.3, -0.25) is 10.1 Å². The second-order valence-corrected chi connectivity index (χ2v) is 10.3. The lowest BCUT2D eigenvalue weighted by molar-refractivity contribution is -0.137. The van der Waals surface area contributed by atoms with E-state index in [1.807, 2.05) is 5.32 Å². The van der Waals surface area contributed by atoms with E-state index >= 15 is 0 Å². The van der Waals surface area contributed by atoms with E-state index < -0.39 is 54.3 Å². The standard InChI is InChI=1S/C17H12ClF3N2O5S2/c18-12-4-6-13(7-5-12)30(27,28)23-16-22-15(24)14(29(16,25)26)9-10-2-1-3-11(8-10)17(19,20)21/h1-8,14H,9H2,(H,22,23,24). The third-order valence-corrected chi connectivity index (χ3v) is 7.68. The molecule has 1 N–H and O–H groups in total. The first-order valence-electron chi connectivity index (χ1n) is 8.12.